The fourth-order valence-corrected chi connectivity index (χ4v) is 3.19. The van der Waals surface area contributed by atoms with Gasteiger partial charge in [0.25, 0.3) is 5.91 Å². The number of carbonyl (C=O) groups excluding carboxylic acids is 2. The normalized spacial score (nSPS) is 10.4. The molecule has 0 aliphatic heterocycles. The van der Waals surface area contributed by atoms with Crippen LogP contribution in [0, 0.1) is 20.8 Å². The van der Waals surface area contributed by atoms with Crippen molar-refractivity contribution in [2.45, 2.75) is 20.8 Å². The van der Waals surface area contributed by atoms with Crippen LogP contribution in [0.3, 0.4) is 0 Å². The van der Waals surface area contributed by atoms with Crippen molar-refractivity contribution < 1.29 is 9.59 Å². The molecule has 1 heterocycles. The SMILES string of the molecule is Cc1ccccc1NC(=O)c1c(NC(=O)CCl)sc(C)c1C. The number of hydrogen-bond acceptors (Lipinski definition) is 3. The monoisotopic (exact) mass is 336 g/mol. The van der Waals surface area contributed by atoms with Gasteiger partial charge in [0.15, 0.2) is 0 Å². The number of benzene rings is 1. The number of alkyl halides is 1. The number of para-hydroxylation sites is 1. The van der Waals surface area contributed by atoms with Crippen LogP contribution in [-0.4, -0.2) is 17.7 Å². The summed E-state index contributed by atoms with van der Waals surface area (Å²) in [6, 6.07) is 7.55. The van der Waals surface area contributed by atoms with Crippen molar-refractivity contribution in [2.75, 3.05) is 16.5 Å². The first-order valence-corrected chi connectivity index (χ1v) is 8.12. The Morgan fingerprint density at radius 1 is 1.14 bits per heavy atom. The Kier molecular flexibility index (Phi) is 5.21. The van der Waals surface area contributed by atoms with E-state index >= 15 is 0 Å². The first-order chi connectivity index (χ1) is 10.4. The van der Waals surface area contributed by atoms with Gasteiger partial charge in [-0.15, -0.1) is 22.9 Å². The predicted octanol–water partition coefficient (Wildman–Crippen LogP) is 4.10. The lowest BCUT2D eigenvalue weighted by Gasteiger charge is -2.10. The summed E-state index contributed by atoms with van der Waals surface area (Å²) in [5.74, 6) is -0.705. The standard InChI is InChI=1S/C16H17ClN2O2S/c1-9-6-4-5-7-12(9)18-15(21)14-10(2)11(3)22-16(14)19-13(20)8-17/h4-7H,8H2,1-3H3,(H,18,21)(H,19,20). The lowest BCUT2D eigenvalue weighted by atomic mass is 10.1. The molecule has 6 heteroatoms. The van der Waals surface area contributed by atoms with Crippen LogP contribution < -0.4 is 10.6 Å². The molecular weight excluding hydrogens is 320 g/mol. The molecule has 1 aromatic carbocycles. The van der Waals surface area contributed by atoms with Gasteiger partial charge in [0.05, 0.1) is 5.56 Å². The molecular formula is C16H17ClN2O2S. The van der Waals surface area contributed by atoms with Crippen LogP contribution in [0.15, 0.2) is 24.3 Å². The molecule has 0 unspecified atom stereocenters. The summed E-state index contributed by atoms with van der Waals surface area (Å²) in [7, 11) is 0. The molecule has 0 bridgehead atoms. The second kappa shape index (κ2) is 6.94. The molecule has 0 spiro atoms. The summed E-state index contributed by atoms with van der Waals surface area (Å²) < 4.78 is 0. The van der Waals surface area contributed by atoms with E-state index in [1.807, 2.05) is 45.0 Å². The van der Waals surface area contributed by atoms with Gasteiger partial charge in [0, 0.05) is 10.6 Å². The summed E-state index contributed by atoms with van der Waals surface area (Å²) in [6.45, 7) is 5.72. The van der Waals surface area contributed by atoms with Crippen LogP contribution in [-0.2, 0) is 4.79 Å². The van der Waals surface area contributed by atoms with Gasteiger partial charge in [-0.3, -0.25) is 9.59 Å². The van der Waals surface area contributed by atoms with Gasteiger partial charge in [-0.2, -0.15) is 0 Å². The molecule has 0 fully saturated rings. The average Bonchev–Trinajstić information content (AvgIpc) is 2.76. The number of anilines is 2. The number of rotatable bonds is 4. The second-order valence-corrected chi connectivity index (χ2v) is 6.43. The number of thiophene rings is 1. The van der Waals surface area contributed by atoms with Crippen molar-refractivity contribution in [3.05, 3.63) is 45.8 Å². The fraction of sp³-hybridized carbons (Fsp3) is 0.250. The summed E-state index contributed by atoms with van der Waals surface area (Å²) in [5.41, 5.74) is 3.09. The van der Waals surface area contributed by atoms with Gasteiger partial charge < -0.3 is 10.6 Å². The molecule has 2 amide bonds. The maximum Gasteiger partial charge on any atom is 0.258 e. The Morgan fingerprint density at radius 2 is 1.82 bits per heavy atom. The van der Waals surface area contributed by atoms with Crippen molar-refractivity contribution in [3.63, 3.8) is 0 Å². The Morgan fingerprint density at radius 3 is 2.45 bits per heavy atom. The van der Waals surface area contributed by atoms with Crippen molar-refractivity contribution in [1.29, 1.82) is 0 Å². The third-order valence-electron chi connectivity index (χ3n) is 3.38. The predicted molar refractivity (Wildman–Crippen MR) is 92.3 cm³/mol. The summed E-state index contributed by atoms with van der Waals surface area (Å²) in [6.07, 6.45) is 0. The van der Waals surface area contributed by atoms with Crippen LogP contribution in [0.5, 0.6) is 0 Å². The van der Waals surface area contributed by atoms with E-state index in [4.69, 9.17) is 11.6 Å². The van der Waals surface area contributed by atoms with Crippen molar-refractivity contribution >= 4 is 45.4 Å². The van der Waals surface area contributed by atoms with E-state index in [1.165, 1.54) is 11.3 Å². The number of carbonyl (C=O) groups is 2. The number of amides is 2. The molecule has 0 saturated heterocycles. The number of halogens is 1. The lowest BCUT2D eigenvalue weighted by molar-refractivity contribution is -0.113. The largest absolute Gasteiger partial charge is 0.322 e. The highest BCUT2D eigenvalue weighted by atomic mass is 35.5. The van der Waals surface area contributed by atoms with E-state index in [0.717, 1.165) is 21.7 Å². The molecule has 1 aromatic heterocycles. The van der Waals surface area contributed by atoms with Gasteiger partial charge >= 0.3 is 0 Å². The number of nitrogens with one attached hydrogen (secondary N) is 2. The van der Waals surface area contributed by atoms with E-state index in [2.05, 4.69) is 10.6 Å². The van der Waals surface area contributed by atoms with Crippen LogP contribution in [0.4, 0.5) is 10.7 Å². The third kappa shape index (κ3) is 3.48. The summed E-state index contributed by atoms with van der Waals surface area (Å²) in [4.78, 5) is 25.1. The average molecular weight is 337 g/mol. The van der Waals surface area contributed by atoms with E-state index in [-0.39, 0.29) is 17.7 Å². The zero-order valence-electron chi connectivity index (χ0n) is 12.6. The molecule has 22 heavy (non-hydrogen) atoms. The molecule has 116 valence electrons. The quantitative estimate of drug-likeness (QED) is 0.826. The van der Waals surface area contributed by atoms with Crippen LogP contribution in [0.25, 0.3) is 0 Å². The topological polar surface area (TPSA) is 58.2 Å². The van der Waals surface area contributed by atoms with E-state index in [0.29, 0.717) is 10.6 Å². The second-order valence-electron chi connectivity index (χ2n) is 4.94. The molecule has 0 aliphatic rings. The van der Waals surface area contributed by atoms with Gasteiger partial charge in [-0.05, 0) is 38.0 Å². The molecule has 2 aromatic rings. The Bertz CT molecular complexity index is 725. The van der Waals surface area contributed by atoms with E-state index in [9.17, 15) is 9.59 Å². The maximum atomic E-state index is 12.6. The number of aryl methyl sites for hydroxylation is 2. The molecule has 0 saturated carbocycles. The van der Waals surface area contributed by atoms with Crippen molar-refractivity contribution in [3.8, 4) is 0 Å². The van der Waals surface area contributed by atoms with Crippen molar-refractivity contribution in [1.82, 2.24) is 0 Å². The Labute approximate surface area is 138 Å². The molecule has 2 N–H and O–H groups in total. The first-order valence-electron chi connectivity index (χ1n) is 6.76. The zero-order chi connectivity index (χ0) is 16.3. The summed E-state index contributed by atoms with van der Waals surface area (Å²) >= 11 is 6.90. The number of hydrogen-bond donors (Lipinski definition) is 2. The highest BCUT2D eigenvalue weighted by Gasteiger charge is 2.21. The van der Waals surface area contributed by atoms with Crippen LogP contribution >= 0.6 is 22.9 Å². The smallest absolute Gasteiger partial charge is 0.258 e. The highest BCUT2D eigenvalue weighted by Crippen LogP contribution is 2.33. The minimum atomic E-state index is -0.326. The van der Waals surface area contributed by atoms with E-state index < -0.39 is 0 Å². The fourth-order valence-electron chi connectivity index (χ4n) is 2.05. The van der Waals surface area contributed by atoms with Gasteiger partial charge in [0.1, 0.15) is 10.9 Å². The lowest BCUT2D eigenvalue weighted by Crippen LogP contribution is -2.18. The molecule has 0 aliphatic carbocycles. The highest BCUT2D eigenvalue weighted by molar-refractivity contribution is 7.16. The molecule has 4 nitrogen and oxygen atoms in total. The van der Waals surface area contributed by atoms with Crippen molar-refractivity contribution in [2.24, 2.45) is 0 Å². The first kappa shape index (κ1) is 16.5. The maximum absolute atomic E-state index is 12.6. The van der Waals surface area contributed by atoms with Crippen LogP contribution in [0.1, 0.15) is 26.4 Å². The molecule has 0 radical (unpaired) electrons. The summed E-state index contributed by atoms with van der Waals surface area (Å²) in [5, 5.41) is 6.12. The minimum absolute atomic E-state index is 0.144. The molecule has 2 rings (SSSR count). The van der Waals surface area contributed by atoms with Gasteiger partial charge in [-0.25, -0.2) is 0 Å². The molecule has 0 atom stereocenters. The minimum Gasteiger partial charge on any atom is -0.322 e. The zero-order valence-corrected chi connectivity index (χ0v) is 14.2. The van der Waals surface area contributed by atoms with Gasteiger partial charge in [-0.1, -0.05) is 18.2 Å². The Balaban J connectivity index is 2.33. The van der Waals surface area contributed by atoms with Crippen LogP contribution in [0.2, 0.25) is 0 Å². The van der Waals surface area contributed by atoms with Gasteiger partial charge in [0.2, 0.25) is 5.91 Å². The third-order valence-corrected chi connectivity index (χ3v) is 4.75. The Hall–Kier alpha value is -1.85. The van der Waals surface area contributed by atoms with E-state index in [1.54, 1.807) is 0 Å².